The summed E-state index contributed by atoms with van der Waals surface area (Å²) in [4.78, 5) is 0. The van der Waals surface area contributed by atoms with Crippen molar-refractivity contribution in [1.29, 1.82) is 0 Å². The van der Waals surface area contributed by atoms with Crippen LogP contribution >= 0.6 is 11.3 Å². The first kappa shape index (κ1) is 9.86. The van der Waals surface area contributed by atoms with Gasteiger partial charge in [-0.3, -0.25) is 0 Å². The Morgan fingerprint density at radius 1 is 1.40 bits per heavy atom. The van der Waals surface area contributed by atoms with E-state index < -0.39 is 0 Å². The molecule has 1 aromatic heterocycles. The van der Waals surface area contributed by atoms with Crippen molar-refractivity contribution in [3.63, 3.8) is 0 Å². The van der Waals surface area contributed by atoms with Gasteiger partial charge < -0.3 is 5.73 Å². The van der Waals surface area contributed by atoms with Gasteiger partial charge in [0.2, 0.25) is 0 Å². The van der Waals surface area contributed by atoms with Gasteiger partial charge in [-0.25, -0.2) is 0 Å². The summed E-state index contributed by atoms with van der Waals surface area (Å²) in [7, 11) is 0. The number of hydrogen-bond acceptors (Lipinski definition) is 2. The molecule has 82 valence electrons. The molecule has 0 amide bonds. The van der Waals surface area contributed by atoms with Gasteiger partial charge in [0.1, 0.15) is 0 Å². The van der Waals surface area contributed by atoms with Crippen LogP contribution in [0, 0.1) is 17.8 Å². The molecule has 2 heteroatoms. The standard InChI is InChI=1S/C13H19NS/c14-12(5-4-9-6-7-15-8-9)13-10-2-1-3-11(10)13/h6-8,10-13H,1-5,14H2. The smallest absolute Gasteiger partial charge is 0.00758 e. The van der Waals surface area contributed by atoms with Crippen molar-refractivity contribution in [2.24, 2.45) is 23.5 Å². The predicted molar refractivity (Wildman–Crippen MR) is 64.9 cm³/mol. The molecule has 0 radical (unpaired) electrons. The normalized spacial score (nSPS) is 35.1. The lowest BCUT2D eigenvalue weighted by Crippen LogP contribution is -2.25. The topological polar surface area (TPSA) is 26.0 Å². The second-order valence-electron chi connectivity index (χ2n) is 5.17. The monoisotopic (exact) mass is 221 g/mol. The average Bonchev–Trinajstić information content (AvgIpc) is 2.72. The van der Waals surface area contributed by atoms with Gasteiger partial charge in [0, 0.05) is 6.04 Å². The van der Waals surface area contributed by atoms with Crippen LogP contribution in [0.15, 0.2) is 16.8 Å². The Bertz CT molecular complexity index is 309. The van der Waals surface area contributed by atoms with E-state index in [1.807, 2.05) is 0 Å². The van der Waals surface area contributed by atoms with Gasteiger partial charge in [0.15, 0.2) is 0 Å². The maximum absolute atomic E-state index is 6.29. The molecule has 2 aliphatic carbocycles. The molecule has 3 rings (SSSR count). The number of fused-ring (bicyclic) bond motifs is 1. The Kier molecular flexibility index (Phi) is 2.57. The van der Waals surface area contributed by atoms with Crippen molar-refractivity contribution in [3.05, 3.63) is 22.4 Å². The van der Waals surface area contributed by atoms with Crippen LogP contribution < -0.4 is 5.73 Å². The summed E-state index contributed by atoms with van der Waals surface area (Å²) in [6.07, 6.45) is 6.75. The molecule has 2 N–H and O–H groups in total. The molecule has 3 atom stereocenters. The summed E-state index contributed by atoms with van der Waals surface area (Å²) < 4.78 is 0. The minimum Gasteiger partial charge on any atom is -0.327 e. The number of aryl methyl sites for hydroxylation is 1. The van der Waals surface area contributed by atoms with E-state index in [2.05, 4.69) is 16.8 Å². The fourth-order valence-electron chi connectivity index (χ4n) is 3.47. The van der Waals surface area contributed by atoms with Crippen LogP contribution in [0.3, 0.4) is 0 Å². The van der Waals surface area contributed by atoms with Crippen molar-refractivity contribution in [3.8, 4) is 0 Å². The SMILES string of the molecule is NC(CCc1ccsc1)C1C2CCCC21. The summed E-state index contributed by atoms with van der Waals surface area (Å²) in [6, 6.07) is 2.70. The Balaban J connectivity index is 1.48. The van der Waals surface area contributed by atoms with Crippen molar-refractivity contribution >= 4 is 11.3 Å². The average molecular weight is 221 g/mol. The largest absolute Gasteiger partial charge is 0.327 e. The number of nitrogens with two attached hydrogens (primary N) is 1. The van der Waals surface area contributed by atoms with E-state index in [1.165, 1.54) is 37.7 Å². The van der Waals surface area contributed by atoms with E-state index >= 15 is 0 Å². The van der Waals surface area contributed by atoms with E-state index in [0.29, 0.717) is 6.04 Å². The molecule has 0 aliphatic heterocycles. The van der Waals surface area contributed by atoms with Gasteiger partial charge in [0.25, 0.3) is 0 Å². The molecule has 2 saturated carbocycles. The summed E-state index contributed by atoms with van der Waals surface area (Å²) in [5.41, 5.74) is 7.76. The molecule has 1 heterocycles. The number of thiophene rings is 1. The van der Waals surface area contributed by atoms with Crippen LogP contribution in [0.4, 0.5) is 0 Å². The van der Waals surface area contributed by atoms with Crippen LogP contribution in [-0.4, -0.2) is 6.04 Å². The fraction of sp³-hybridized carbons (Fsp3) is 0.692. The third-order valence-corrected chi connectivity index (χ3v) is 5.05. The molecule has 1 aromatic rings. The lowest BCUT2D eigenvalue weighted by molar-refractivity contribution is 0.463. The molecule has 2 fully saturated rings. The number of hydrogen-bond donors (Lipinski definition) is 1. The molecule has 0 spiro atoms. The zero-order valence-electron chi connectivity index (χ0n) is 9.06. The Hall–Kier alpha value is -0.340. The van der Waals surface area contributed by atoms with Gasteiger partial charge in [0.05, 0.1) is 0 Å². The molecular weight excluding hydrogens is 202 g/mol. The summed E-state index contributed by atoms with van der Waals surface area (Å²) in [5.74, 6) is 2.92. The fourth-order valence-corrected chi connectivity index (χ4v) is 4.18. The minimum absolute atomic E-state index is 0.472. The van der Waals surface area contributed by atoms with Crippen molar-refractivity contribution in [1.82, 2.24) is 0 Å². The second kappa shape index (κ2) is 3.91. The zero-order valence-corrected chi connectivity index (χ0v) is 9.88. The van der Waals surface area contributed by atoms with Gasteiger partial charge in [-0.15, -0.1) is 0 Å². The summed E-state index contributed by atoms with van der Waals surface area (Å²) in [6.45, 7) is 0. The highest BCUT2D eigenvalue weighted by atomic mass is 32.1. The maximum Gasteiger partial charge on any atom is 0.00758 e. The molecule has 0 bridgehead atoms. The van der Waals surface area contributed by atoms with Crippen molar-refractivity contribution in [2.45, 2.75) is 38.1 Å². The van der Waals surface area contributed by atoms with Crippen LogP contribution in [0.2, 0.25) is 0 Å². The highest BCUT2D eigenvalue weighted by Crippen LogP contribution is 2.59. The van der Waals surface area contributed by atoms with E-state index in [4.69, 9.17) is 5.73 Å². The first-order valence-corrected chi connectivity index (χ1v) is 7.07. The third-order valence-electron chi connectivity index (χ3n) is 4.31. The van der Waals surface area contributed by atoms with E-state index in [1.54, 1.807) is 11.3 Å². The summed E-state index contributed by atoms with van der Waals surface area (Å²) in [5, 5.41) is 4.41. The first-order valence-electron chi connectivity index (χ1n) is 6.13. The van der Waals surface area contributed by atoms with Crippen LogP contribution in [0.25, 0.3) is 0 Å². The molecular formula is C13H19NS. The van der Waals surface area contributed by atoms with Crippen molar-refractivity contribution < 1.29 is 0 Å². The van der Waals surface area contributed by atoms with Crippen LogP contribution in [0.5, 0.6) is 0 Å². The lowest BCUT2D eigenvalue weighted by Gasteiger charge is -2.12. The Morgan fingerprint density at radius 2 is 2.20 bits per heavy atom. The maximum atomic E-state index is 6.29. The molecule has 2 aliphatic rings. The Labute approximate surface area is 95.7 Å². The molecule has 15 heavy (non-hydrogen) atoms. The van der Waals surface area contributed by atoms with E-state index in [9.17, 15) is 0 Å². The zero-order chi connectivity index (χ0) is 10.3. The summed E-state index contributed by atoms with van der Waals surface area (Å²) >= 11 is 1.79. The second-order valence-corrected chi connectivity index (χ2v) is 5.95. The molecule has 0 aromatic carbocycles. The van der Waals surface area contributed by atoms with Crippen LogP contribution in [-0.2, 0) is 6.42 Å². The van der Waals surface area contributed by atoms with E-state index in [-0.39, 0.29) is 0 Å². The van der Waals surface area contributed by atoms with E-state index in [0.717, 1.165) is 17.8 Å². The highest BCUT2D eigenvalue weighted by molar-refractivity contribution is 7.07. The predicted octanol–water partition coefficient (Wildman–Crippen LogP) is 3.05. The third kappa shape index (κ3) is 1.85. The van der Waals surface area contributed by atoms with Crippen LogP contribution in [0.1, 0.15) is 31.2 Å². The molecule has 3 unspecified atom stereocenters. The van der Waals surface area contributed by atoms with Gasteiger partial charge in [-0.05, 0) is 65.8 Å². The van der Waals surface area contributed by atoms with Gasteiger partial charge in [-0.2, -0.15) is 11.3 Å². The van der Waals surface area contributed by atoms with Crippen molar-refractivity contribution in [2.75, 3.05) is 0 Å². The van der Waals surface area contributed by atoms with Gasteiger partial charge in [-0.1, -0.05) is 6.42 Å². The first-order chi connectivity index (χ1) is 7.36. The molecule has 0 saturated heterocycles. The minimum atomic E-state index is 0.472. The molecule has 1 nitrogen and oxygen atoms in total. The quantitative estimate of drug-likeness (QED) is 0.831. The highest BCUT2D eigenvalue weighted by Gasteiger charge is 2.54. The van der Waals surface area contributed by atoms with Gasteiger partial charge >= 0.3 is 0 Å². The Morgan fingerprint density at radius 3 is 2.87 bits per heavy atom. The lowest BCUT2D eigenvalue weighted by atomic mass is 9.99. The number of rotatable bonds is 4.